The molecule has 1 N–H and O–H groups in total. The summed E-state index contributed by atoms with van der Waals surface area (Å²) in [5.74, 6) is 0.715. The average Bonchev–Trinajstić information content (AvgIpc) is 2.62. The smallest absolute Gasteiger partial charge is 0.134 e. The Balaban J connectivity index is 1.96. The highest BCUT2D eigenvalue weighted by Gasteiger charge is 2.22. The Morgan fingerprint density at radius 2 is 1.79 bits per heavy atom. The van der Waals surface area contributed by atoms with Crippen LogP contribution in [0.2, 0.25) is 5.02 Å². The fourth-order valence-corrected chi connectivity index (χ4v) is 3.52. The highest BCUT2D eigenvalue weighted by molar-refractivity contribution is 6.33. The summed E-state index contributed by atoms with van der Waals surface area (Å²) in [6, 6.07) is 12.4. The summed E-state index contributed by atoms with van der Waals surface area (Å²) in [6.07, 6.45) is 1.98. The molecule has 1 aliphatic rings. The molecule has 0 aliphatic carbocycles. The number of nitrogens with one attached hydrogen (secondary N) is 1. The number of para-hydroxylation sites is 1. The molecule has 1 fully saturated rings. The van der Waals surface area contributed by atoms with Crippen LogP contribution in [-0.2, 0) is 0 Å². The highest BCUT2D eigenvalue weighted by atomic mass is 35.5. The highest BCUT2D eigenvalue weighted by Crippen LogP contribution is 2.35. The SMILES string of the molecule is Fc1cccc(Cl)c1-c1nc(C2CCNCC2)nc2ccccc12. The minimum absolute atomic E-state index is 0.292. The monoisotopic (exact) mass is 341 g/mol. The molecular formula is C19H17ClFN3. The van der Waals surface area contributed by atoms with Gasteiger partial charge in [-0.3, -0.25) is 0 Å². The quantitative estimate of drug-likeness (QED) is 0.742. The maximum Gasteiger partial charge on any atom is 0.134 e. The predicted molar refractivity (Wildman–Crippen MR) is 94.8 cm³/mol. The molecule has 5 heteroatoms. The first-order valence-corrected chi connectivity index (χ1v) is 8.53. The minimum Gasteiger partial charge on any atom is -0.317 e. The molecule has 1 aromatic heterocycles. The van der Waals surface area contributed by atoms with Crippen LogP contribution in [0.3, 0.4) is 0 Å². The van der Waals surface area contributed by atoms with Gasteiger partial charge in [0, 0.05) is 11.3 Å². The molecule has 0 unspecified atom stereocenters. The number of fused-ring (bicyclic) bond motifs is 1. The van der Waals surface area contributed by atoms with Crippen molar-refractivity contribution in [3.8, 4) is 11.3 Å². The minimum atomic E-state index is -0.359. The third-order valence-electron chi connectivity index (χ3n) is 4.52. The molecule has 0 atom stereocenters. The Morgan fingerprint density at radius 1 is 1.00 bits per heavy atom. The van der Waals surface area contributed by atoms with Crippen molar-refractivity contribution in [1.29, 1.82) is 0 Å². The van der Waals surface area contributed by atoms with E-state index >= 15 is 0 Å². The van der Waals surface area contributed by atoms with Gasteiger partial charge in [0.05, 0.1) is 21.8 Å². The first-order chi connectivity index (χ1) is 11.7. The maximum atomic E-state index is 14.5. The third-order valence-corrected chi connectivity index (χ3v) is 4.84. The number of hydrogen-bond donors (Lipinski definition) is 1. The van der Waals surface area contributed by atoms with Crippen molar-refractivity contribution in [3.05, 3.63) is 59.1 Å². The maximum absolute atomic E-state index is 14.5. The molecule has 0 amide bonds. The van der Waals surface area contributed by atoms with Gasteiger partial charge in [0.15, 0.2) is 0 Å². The van der Waals surface area contributed by atoms with Gasteiger partial charge in [-0.1, -0.05) is 35.9 Å². The summed E-state index contributed by atoms with van der Waals surface area (Å²) in [6.45, 7) is 1.91. The molecule has 2 aromatic carbocycles. The standard InChI is InChI=1S/C19H17ClFN3/c20-14-5-3-6-15(21)17(14)18-13-4-1-2-7-16(13)23-19(24-18)12-8-10-22-11-9-12/h1-7,12,22H,8-11H2. The Kier molecular flexibility index (Phi) is 4.17. The third kappa shape index (κ3) is 2.76. The second-order valence-corrected chi connectivity index (χ2v) is 6.48. The fourth-order valence-electron chi connectivity index (χ4n) is 3.27. The van der Waals surface area contributed by atoms with Crippen LogP contribution in [0.5, 0.6) is 0 Å². The zero-order valence-corrected chi connectivity index (χ0v) is 13.9. The van der Waals surface area contributed by atoms with E-state index in [0.29, 0.717) is 22.2 Å². The van der Waals surface area contributed by atoms with E-state index in [1.165, 1.54) is 6.07 Å². The first-order valence-electron chi connectivity index (χ1n) is 8.16. The molecule has 3 aromatic rings. The van der Waals surface area contributed by atoms with Gasteiger partial charge in [-0.05, 0) is 44.1 Å². The molecular weight excluding hydrogens is 325 g/mol. The molecule has 1 saturated heterocycles. The Hall–Kier alpha value is -2.04. The van der Waals surface area contributed by atoms with Crippen molar-refractivity contribution < 1.29 is 4.39 Å². The second kappa shape index (κ2) is 6.46. The van der Waals surface area contributed by atoms with E-state index in [0.717, 1.165) is 42.7 Å². The molecule has 24 heavy (non-hydrogen) atoms. The van der Waals surface area contributed by atoms with Crippen molar-refractivity contribution in [2.24, 2.45) is 0 Å². The normalized spacial score (nSPS) is 15.8. The fraction of sp³-hybridized carbons (Fsp3) is 0.263. The Morgan fingerprint density at radius 3 is 2.58 bits per heavy atom. The van der Waals surface area contributed by atoms with E-state index in [1.807, 2.05) is 24.3 Å². The van der Waals surface area contributed by atoms with E-state index in [4.69, 9.17) is 21.6 Å². The van der Waals surface area contributed by atoms with Crippen LogP contribution in [0.15, 0.2) is 42.5 Å². The van der Waals surface area contributed by atoms with Crippen LogP contribution in [0, 0.1) is 5.82 Å². The molecule has 2 heterocycles. The molecule has 0 bridgehead atoms. The number of halogens is 2. The molecule has 0 saturated carbocycles. The van der Waals surface area contributed by atoms with Gasteiger partial charge >= 0.3 is 0 Å². The van der Waals surface area contributed by atoms with Gasteiger partial charge in [-0.15, -0.1) is 0 Å². The lowest BCUT2D eigenvalue weighted by atomic mass is 9.96. The molecule has 0 radical (unpaired) electrons. The number of benzene rings is 2. The van der Waals surface area contributed by atoms with Gasteiger partial charge in [-0.2, -0.15) is 0 Å². The number of rotatable bonds is 2. The lowest BCUT2D eigenvalue weighted by molar-refractivity contribution is 0.446. The van der Waals surface area contributed by atoms with Gasteiger partial charge in [0.25, 0.3) is 0 Å². The van der Waals surface area contributed by atoms with Crippen molar-refractivity contribution in [2.45, 2.75) is 18.8 Å². The lowest BCUT2D eigenvalue weighted by Crippen LogP contribution is -2.27. The second-order valence-electron chi connectivity index (χ2n) is 6.07. The summed E-state index contributed by atoms with van der Waals surface area (Å²) in [5.41, 5.74) is 1.76. The zero-order valence-electron chi connectivity index (χ0n) is 13.1. The first kappa shape index (κ1) is 15.5. The molecule has 1 aliphatic heterocycles. The van der Waals surface area contributed by atoms with Crippen LogP contribution < -0.4 is 5.32 Å². The van der Waals surface area contributed by atoms with E-state index in [1.54, 1.807) is 12.1 Å². The van der Waals surface area contributed by atoms with Crippen LogP contribution in [0.1, 0.15) is 24.6 Å². The summed E-state index contributed by atoms with van der Waals surface area (Å²) in [7, 11) is 0. The van der Waals surface area contributed by atoms with Crippen molar-refractivity contribution in [3.63, 3.8) is 0 Å². The van der Waals surface area contributed by atoms with E-state index < -0.39 is 0 Å². The number of piperidine rings is 1. The zero-order chi connectivity index (χ0) is 16.5. The lowest BCUT2D eigenvalue weighted by Gasteiger charge is -2.22. The van der Waals surface area contributed by atoms with Gasteiger partial charge in [-0.25, -0.2) is 14.4 Å². The summed E-state index contributed by atoms with van der Waals surface area (Å²) in [4.78, 5) is 9.49. The van der Waals surface area contributed by atoms with Crippen LogP contribution >= 0.6 is 11.6 Å². The van der Waals surface area contributed by atoms with E-state index in [2.05, 4.69) is 5.32 Å². The predicted octanol–water partition coefficient (Wildman–Crippen LogP) is 4.56. The summed E-state index contributed by atoms with van der Waals surface area (Å²) < 4.78 is 14.5. The van der Waals surface area contributed by atoms with Gasteiger partial charge in [0.2, 0.25) is 0 Å². The number of nitrogens with zero attached hydrogens (tertiary/aromatic N) is 2. The topological polar surface area (TPSA) is 37.8 Å². The largest absolute Gasteiger partial charge is 0.317 e. The van der Waals surface area contributed by atoms with Crippen molar-refractivity contribution in [1.82, 2.24) is 15.3 Å². The van der Waals surface area contributed by atoms with Crippen molar-refractivity contribution >= 4 is 22.5 Å². The van der Waals surface area contributed by atoms with Gasteiger partial charge in [0.1, 0.15) is 11.6 Å². The van der Waals surface area contributed by atoms with Gasteiger partial charge < -0.3 is 5.32 Å². The van der Waals surface area contributed by atoms with Crippen LogP contribution in [0.25, 0.3) is 22.2 Å². The molecule has 3 nitrogen and oxygen atoms in total. The van der Waals surface area contributed by atoms with Crippen LogP contribution in [0.4, 0.5) is 4.39 Å². The van der Waals surface area contributed by atoms with E-state index in [-0.39, 0.29) is 5.82 Å². The summed E-state index contributed by atoms with van der Waals surface area (Å²) in [5, 5.41) is 4.54. The van der Waals surface area contributed by atoms with Crippen molar-refractivity contribution in [2.75, 3.05) is 13.1 Å². The molecule has 122 valence electrons. The number of hydrogen-bond acceptors (Lipinski definition) is 3. The Labute approximate surface area is 144 Å². The number of aromatic nitrogens is 2. The Bertz CT molecular complexity index is 871. The van der Waals surface area contributed by atoms with Crippen LogP contribution in [-0.4, -0.2) is 23.1 Å². The molecule has 0 spiro atoms. The van der Waals surface area contributed by atoms with E-state index in [9.17, 15) is 4.39 Å². The molecule has 4 rings (SSSR count). The summed E-state index contributed by atoms with van der Waals surface area (Å²) >= 11 is 6.29. The average molecular weight is 342 g/mol.